The number of hydrogen-bond acceptors (Lipinski definition) is 3. The molecule has 3 N–H and O–H groups in total. The maximum Gasteiger partial charge on any atom is 0.162 e. The molecule has 0 saturated carbocycles. The lowest BCUT2D eigenvalue weighted by Crippen LogP contribution is -2.29. The number of nitrogens with one attached hydrogen (secondary N) is 1. The number of nitrogens with two attached hydrogens (primary N) is 1. The Balaban J connectivity index is 2.21. The van der Waals surface area contributed by atoms with Crippen molar-refractivity contribution >= 4 is 11.8 Å². The third-order valence-corrected chi connectivity index (χ3v) is 3.92. The van der Waals surface area contributed by atoms with Gasteiger partial charge in [0.1, 0.15) is 0 Å². The summed E-state index contributed by atoms with van der Waals surface area (Å²) in [6.45, 7) is 0. The van der Waals surface area contributed by atoms with Crippen molar-refractivity contribution < 1.29 is 8.78 Å². The molecule has 0 fully saturated rings. The van der Waals surface area contributed by atoms with Crippen molar-refractivity contribution in [2.45, 2.75) is 17.4 Å². The molecule has 20 heavy (non-hydrogen) atoms. The van der Waals surface area contributed by atoms with Gasteiger partial charge in [-0.3, -0.25) is 11.3 Å². The first-order valence-corrected chi connectivity index (χ1v) is 7.41. The van der Waals surface area contributed by atoms with E-state index < -0.39 is 11.6 Å². The number of rotatable bonds is 5. The summed E-state index contributed by atoms with van der Waals surface area (Å²) in [4.78, 5) is 1.14. The van der Waals surface area contributed by atoms with E-state index in [2.05, 4.69) is 5.43 Å². The quantitative estimate of drug-likeness (QED) is 0.504. The first-order valence-electron chi connectivity index (χ1n) is 6.18. The van der Waals surface area contributed by atoms with Crippen LogP contribution < -0.4 is 11.3 Å². The van der Waals surface area contributed by atoms with Crippen molar-refractivity contribution in [1.29, 1.82) is 0 Å². The molecule has 0 saturated heterocycles. The summed E-state index contributed by atoms with van der Waals surface area (Å²) < 4.78 is 26.9. The smallest absolute Gasteiger partial charge is 0.162 e. The van der Waals surface area contributed by atoms with Crippen LogP contribution in [0.4, 0.5) is 8.78 Å². The van der Waals surface area contributed by atoms with Gasteiger partial charge >= 0.3 is 0 Å². The lowest BCUT2D eigenvalue weighted by Gasteiger charge is -2.17. The summed E-state index contributed by atoms with van der Waals surface area (Å²) in [5, 5.41) is 0. The van der Waals surface area contributed by atoms with Gasteiger partial charge in [0.05, 0.1) is 6.04 Å². The minimum Gasteiger partial charge on any atom is -0.271 e. The van der Waals surface area contributed by atoms with Crippen molar-refractivity contribution in [2.24, 2.45) is 5.84 Å². The van der Waals surface area contributed by atoms with Crippen LogP contribution in [0.2, 0.25) is 0 Å². The third-order valence-electron chi connectivity index (χ3n) is 3.17. The molecule has 2 aromatic rings. The zero-order valence-electron chi connectivity index (χ0n) is 11.1. The molecule has 0 amide bonds. The minimum atomic E-state index is -0.837. The van der Waals surface area contributed by atoms with Crippen LogP contribution >= 0.6 is 11.8 Å². The van der Waals surface area contributed by atoms with Gasteiger partial charge in [-0.05, 0) is 42.0 Å². The van der Waals surface area contributed by atoms with Crippen LogP contribution in [0.25, 0.3) is 0 Å². The van der Waals surface area contributed by atoms with E-state index in [0.29, 0.717) is 12.0 Å². The standard InChI is InChI=1S/C15H16F2N2S/c1-20-12-7-5-10(6-8-12)14(19-18)9-11-3-2-4-13(16)15(11)17/h2-8,14,19H,9,18H2,1H3. The van der Waals surface area contributed by atoms with Crippen LogP contribution in [0.5, 0.6) is 0 Å². The van der Waals surface area contributed by atoms with Crippen molar-refractivity contribution in [2.75, 3.05) is 6.26 Å². The van der Waals surface area contributed by atoms with Crippen molar-refractivity contribution in [3.63, 3.8) is 0 Å². The highest BCUT2D eigenvalue weighted by Gasteiger charge is 2.15. The number of hydrazine groups is 1. The maximum absolute atomic E-state index is 13.7. The first kappa shape index (κ1) is 15.0. The molecule has 0 radical (unpaired) electrons. The van der Waals surface area contributed by atoms with E-state index in [0.717, 1.165) is 16.5 Å². The molecule has 0 heterocycles. The Bertz CT molecular complexity index is 573. The van der Waals surface area contributed by atoms with Gasteiger partial charge in [-0.2, -0.15) is 0 Å². The molecule has 2 rings (SSSR count). The van der Waals surface area contributed by atoms with Crippen LogP contribution in [-0.2, 0) is 6.42 Å². The number of benzene rings is 2. The fourth-order valence-electron chi connectivity index (χ4n) is 2.04. The van der Waals surface area contributed by atoms with Crippen molar-refractivity contribution in [3.05, 3.63) is 65.2 Å². The average Bonchev–Trinajstić information content (AvgIpc) is 2.49. The second-order valence-corrected chi connectivity index (χ2v) is 5.29. The fourth-order valence-corrected chi connectivity index (χ4v) is 2.44. The van der Waals surface area contributed by atoms with Gasteiger partial charge in [-0.15, -0.1) is 11.8 Å². The number of hydrogen-bond donors (Lipinski definition) is 2. The molecule has 106 valence electrons. The summed E-state index contributed by atoms with van der Waals surface area (Å²) in [6, 6.07) is 11.7. The van der Waals surface area contributed by atoms with E-state index in [-0.39, 0.29) is 6.04 Å². The lowest BCUT2D eigenvalue weighted by atomic mass is 9.99. The van der Waals surface area contributed by atoms with E-state index in [4.69, 9.17) is 5.84 Å². The third kappa shape index (κ3) is 3.36. The van der Waals surface area contributed by atoms with Gasteiger partial charge < -0.3 is 0 Å². The summed E-state index contributed by atoms with van der Waals surface area (Å²) in [7, 11) is 0. The summed E-state index contributed by atoms with van der Waals surface area (Å²) in [5.74, 6) is 3.89. The molecule has 1 atom stereocenters. The normalized spacial score (nSPS) is 12.4. The zero-order valence-corrected chi connectivity index (χ0v) is 11.9. The molecule has 2 nitrogen and oxygen atoms in total. The van der Waals surface area contributed by atoms with E-state index in [1.54, 1.807) is 17.8 Å². The predicted octanol–water partition coefficient (Wildman–Crippen LogP) is 3.43. The molecule has 0 bridgehead atoms. The maximum atomic E-state index is 13.7. The van der Waals surface area contributed by atoms with Gasteiger partial charge in [0.15, 0.2) is 11.6 Å². The Morgan fingerprint density at radius 2 is 1.85 bits per heavy atom. The van der Waals surface area contributed by atoms with Gasteiger partial charge in [0, 0.05) is 4.90 Å². The lowest BCUT2D eigenvalue weighted by molar-refractivity contribution is 0.481. The Hall–Kier alpha value is -1.43. The Labute approximate surface area is 121 Å². The van der Waals surface area contributed by atoms with Gasteiger partial charge in [0.25, 0.3) is 0 Å². The van der Waals surface area contributed by atoms with E-state index in [1.807, 2.05) is 30.5 Å². The zero-order chi connectivity index (χ0) is 14.5. The molecule has 2 aromatic carbocycles. The molecule has 0 aliphatic heterocycles. The molecule has 0 aromatic heterocycles. The number of halogens is 2. The molecule has 0 aliphatic rings. The Morgan fingerprint density at radius 3 is 2.45 bits per heavy atom. The predicted molar refractivity (Wildman–Crippen MR) is 78.3 cm³/mol. The molecular weight excluding hydrogens is 278 g/mol. The van der Waals surface area contributed by atoms with Crippen molar-refractivity contribution in [3.8, 4) is 0 Å². The van der Waals surface area contributed by atoms with Gasteiger partial charge in [0.2, 0.25) is 0 Å². The van der Waals surface area contributed by atoms with E-state index in [1.165, 1.54) is 6.07 Å². The van der Waals surface area contributed by atoms with Gasteiger partial charge in [-0.1, -0.05) is 24.3 Å². The summed E-state index contributed by atoms with van der Waals surface area (Å²) >= 11 is 1.64. The Kier molecular flexibility index (Phi) is 5.11. The molecule has 0 aliphatic carbocycles. The van der Waals surface area contributed by atoms with Crippen LogP contribution in [0, 0.1) is 11.6 Å². The van der Waals surface area contributed by atoms with Crippen LogP contribution in [0.15, 0.2) is 47.4 Å². The van der Waals surface area contributed by atoms with Crippen LogP contribution in [0.1, 0.15) is 17.2 Å². The fraction of sp³-hybridized carbons (Fsp3) is 0.200. The SMILES string of the molecule is CSc1ccc(C(Cc2cccc(F)c2F)NN)cc1. The second kappa shape index (κ2) is 6.83. The van der Waals surface area contributed by atoms with E-state index >= 15 is 0 Å². The number of thioether (sulfide) groups is 1. The molecule has 0 spiro atoms. The van der Waals surface area contributed by atoms with Crippen molar-refractivity contribution in [1.82, 2.24) is 5.43 Å². The highest BCUT2D eigenvalue weighted by Crippen LogP contribution is 2.23. The monoisotopic (exact) mass is 294 g/mol. The molecule has 5 heteroatoms. The highest BCUT2D eigenvalue weighted by molar-refractivity contribution is 7.98. The summed E-state index contributed by atoms with van der Waals surface area (Å²) in [5.41, 5.74) is 3.90. The van der Waals surface area contributed by atoms with Crippen LogP contribution in [-0.4, -0.2) is 6.26 Å². The first-order chi connectivity index (χ1) is 9.65. The van der Waals surface area contributed by atoms with Crippen LogP contribution in [0.3, 0.4) is 0 Å². The summed E-state index contributed by atoms with van der Waals surface area (Å²) in [6.07, 6.45) is 2.29. The average molecular weight is 294 g/mol. The molecule has 1 unspecified atom stereocenters. The largest absolute Gasteiger partial charge is 0.271 e. The highest BCUT2D eigenvalue weighted by atomic mass is 32.2. The second-order valence-electron chi connectivity index (χ2n) is 4.41. The van der Waals surface area contributed by atoms with E-state index in [9.17, 15) is 8.78 Å². The minimum absolute atomic E-state index is 0.262. The Morgan fingerprint density at radius 1 is 1.15 bits per heavy atom. The topological polar surface area (TPSA) is 38.0 Å². The van der Waals surface area contributed by atoms with Gasteiger partial charge in [-0.25, -0.2) is 8.78 Å². The molecular formula is C15H16F2N2S.